The van der Waals surface area contributed by atoms with Gasteiger partial charge in [0.15, 0.2) is 0 Å². The molecule has 1 amide bonds. The van der Waals surface area contributed by atoms with E-state index in [0.717, 1.165) is 23.1 Å². The summed E-state index contributed by atoms with van der Waals surface area (Å²) in [5, 5.41) is 3.24. The monoisotopic (exact) mass is 264 g/mol. The number of ether oxygens (including phenoxy) is 1. The van der Waals surface area contributed by atoms with E-state index >= 15 is 0 Å². The lowest BCUT2D eigenvalue weighted by Crippen LogP contribution is -2.52. The summed E-state index contributed by atoms with van der Waals surface area (Å²) >= 11 is 1.77. The molecule has 0 saturated carbocycles. The first-order valence-electron chi connectivity index (χ1n) is 6.13. The number of rotatable bonds is 1. The largest absolute Gasteiger partial charge is 0.489 e. The van der Waals surface area contributed by atoms with Crippen molar-refractivity contribution in [1.82, 2.24) is 5.32 Å². The SMILES string of the molecule is CC1COc2ccccc2N1C(=O)C1CSCN1. The summed E-state index contributed by atoms with van der Waals surface area (Å²) < 4.78 is 5.66. The Morgan fingerprint density at radius 1 is 1.50 bits per heavy atom. The van der Waals surface area contributed by atoms with Crippen molar-refractivity contribution in [2.45, 2.75) is 19.0 Å². The molecule has 1 aromatic carbocycles. The van der Waals surface area contributed by atoms with Gasteiger partial charge in [0.05, 0.1) is 17.8 Å². The zero-order valence-corrected chi connectivity index (χ0v) is 11.1. The molecule has 0 radical (unpaired) electrons. The van der Waals surface area contributed by atoms with Gasteiger partial charge in [0, 0.05) is 11.6 Å². The number of amides is 1. The van der Waals surface area contributed by atoms with Crippen LogP contribution in [0.5, 0.6) is 5.75 Å². The Morgan fingerprint density at radius 2 is 2.33 bits per heavy atom. The molecule has 2 unspecified atom stereocenters. The van der Waals surface area contributed by atoms with E-state index < -0.39 is 0 Å². The molecule has 1 aromatic rings. The molecule has 2 aliphatic heterocycles. The number of carbonyl (C=O) groups is 1. The van der Waals surface area contributed by atoms with Gasteiger partial charge in [0.25, 0.3) is 0 Å². The van der Waals surface area contributed by atoms with E-state index in [9.17, 15) is 4.79 Å². The molecular weight excluding hydrogens is 248 g/mol. The molecule has 0 bridgehead atoms. The van der Waals surface area contributed by atoms with Crippen molar-refractivity contribution in [3.63, 3.8) is 0 Å². The Bertz CT molecular complexity index is 460. The Balaban J connectivity index is 1.92. The first kappa shape index (κ1) is 11.9. The van der Waals surface area contributed by atoms with Crippen LogP contribution in [0.1, 0.15) is 6.92 Å². The van der Waals surface area contributed by atoms with Crippen LogP contribution in [-0.2, 0) is 4.79 Å². The first-order chi connectivity index (χ1) is 8.77. The highest BCUT2D eigenvalue weighted by Gasteiger charge is 2.34. The Kier molecular flexibility index (Phi) is 3.18. The van der Waals surface area contributed by atoms with Gasteiger partial charge in [-0.05, 0) is 19.1 Å². The maximum atomic E-state index is 12.6. The predicted molar refractivity (Wildman–Crippen MR) is 73.1 cm³/mol. The quantitative estimate of drug-likeness (QED) is 0.834. The number of hydrogen-bond donors (Lipinski definition) is 1. The molecule has 0 aliphatic carbocycles. The molecule has 1 N–H and O–H groups in total. The smallest absolute Gasteiger partial charge is 0.245 e. The highest BCUT2D eigenvalue weighted by molar-refractivity contribution is 7.99. The van der Waals surface area contributed by atoms with E-state index in [1.165, 1.54) is 0 Å². The maximum Gasteiger partial charge on any atom is 0.245 e. The second-order valence-corrected chi connectivity index (χ2v) is 5.64. The minimum atomic E-state index is -0.0661. The van der Waals surface area contributed by atoms with Gasteiger partial charge in [-0.2, -0.15) is 0 Å². The Morgan fingerprint density at radius 3 is 3.11 bits per heavy atom. The highest BCUT2D eigenvalue weighted by Crippen LogP contribution is 2.34. The molecule has 2 heterocycles. The lowest BCUT2D eigenvalue weighted by Gasteiger charge is -2.36. The molecule has 1 saturated heterocycles. The van der Waals surface area contributed by atoms with Crippen LogP contribution in [0.4, 0.5) is 5.69 Å². The molecule has 2 atom stereocenters. The number of nitrogens with one attached hydrogen (secondary N) is 1. The molecule has 0 spiro atoms. The van der Waals surface area contributed by atoms with Crippen LogP contribution in [0.25, 0.3) is 0 Å². The van der Waals surface area contributed by atoms with Crippen LogP contribution in [0, 0.1) is 0 Å². The van der Waals surface area contributed by atoms with Gasteiger partial charge in [0.1, 0.15) is 12.4 Å². The van der Waals surface area contributed by atoms with Gasteiger partial charge in [-0.25, -0.2) is 0 Å². The summed E-state index contributed by atoms with van der Waals surface area (Å²) in [4.78, 5) is 14.4. The van der Waals surface area contributed by atoms with Crippen molar-refractivity contribution in [1.29, 1.82) is 0 Å². The molecular formula is C13H16N2O2S. The highest BCUT2D eigenvalue weighted by atomic mass is 32.2. The van der Waals surface area contributed by atoms with Crippen molar-refractivity contribution < 1.29 is 9.53 Å². The topological polar surface area (TPSA) is 41.6 Å². The zero-order valence-electron chi connectivity index (χ0n) is 10.3. The molecule has 0 aromatic heterocycles. The number of anilines is 1. The summed E-state index contributed by atoms with van der Waals surface area (Å²) in [7, 11) is 0. The van der Waals surface area contributed by atoms with E-state index in [1.54, 1.807) is 11.8 Å². The van der Waals surface area contributed by atoms with Gasteiger partial charge in [0.2, 0.25) is 5.91 Å². The van der Waals surface area contributed by atoms with Crippen LogP contribution in [-0.4, -0.2) is 36.2 Å². The molecule has 2 aliphatic rings. The minimum Gasteiger partial charge on any atom is -0.489 e. The summed E-state index contributed by atoms with van der Waals surface area (Å²) in [5.74, 6) is 2.67. The normalized spacial score (nSPS) is 26.6. The fraction of sp³-hybridized carbons (Fsp3) is 0.462. The van der Waals surface area contributed by atoms with Crippen molar-refractivity contribution >= 4 is 23.4 Å². The molecule has 18 heavy (non-hydrogen) atoms. The van der Waals surface area contributed by atoms with Crippen LogP contribution in [0.2, 0.25) is 0 Å². The minimum absolute atomic E-state index is 0.0661. The van der Waals surface area contributed by atoms with E-state index in [1.807, 2.05) is 36.1 Å². The first-order valence-corrected chi connectivity index (χ1v) is 7.29. The van der Waals surface area contributed by atoms with Gasteiger partial charge >= 0.3 is 0 Å². The third-order valence-corrected chi connectivity index (χ3v) is 4.24. The van der Waals surface area contributed by atoms with E-state index in [2.05, 4.69) is 5.32 Å². The van der Waals surface area contributed by atoms with Gasteiger partial charge in [-0.1, -0.05) is 12.1 Å². The lowest BCUT2D eigenvalue weighted by molar-refractivity contribution is -0.120. The van der Waals surface area contributed by atoms with E-state index in [4.69, 9.17) is 4.74 Å². The Hall–Kier alpha value is -1.20. The summed E-state index contributed by atoms with van der Waals surface area (Å²) in [6, 6.07) is 7.75. The molecule has 1 fully saturated rings. The average Bonchev–Trinajstić information content (AvgIpc) is 2.92. The number of fused-ring (bicyclic) bond motifs is 1. The number of nitrogens with zero attached hydrogens (tertiary/aromatic N) is 1. The van der Waals surface area contributed by atoms with Crippen LogP contribution in [0.15, 0.2) is 24.3 Å². The number of thioether (sulfide) groups is 1. The van der Waals surface area contributed by atoms with Crippen LogP contribution < -0.4 is 15.0 Å². The number of hydrogen-bond acceptors (Lipinski definition) is 4. The third-order valence-electron chi connectivity index (χ3n) is 3.30. The zero-order chi connectivity index (χ0) is 12.5. The molecule has 5 heteroatoms. The van der Waals surface area contributed by atoms with E-state index in [0.29, 0.717) is 6.61 Å². The third kappa shape index (κ3) is 1.97. The van der Waals surface area contributed by atoms with Crippen molar-refractivity contribution in [2.24, 2.45) is 0 Å². The van der Waals surface area contributed by atoms with Crippen molar-refractivity contribution in [2.75, 3.05) is 23.1 Å². The summed E-state index contributed by atoms with van der Waals surface area (Å²) in [6.07, 6.45) is 0. The van der Waals surface area contributed by atoms with Gasteiger partial charge in [-0.3, -0.25) is 10.1 Å². The average molecular weight is 264 g/mol. The number of benzene rings is 1. The number of para-hydroxylation sites is 2. The second-order valence-electron chi connectivity index (χ2n) is 4.61. The molecule has 96 valence electrons. The summed E-state index contributed by atoms with van der Waals surface area (Å²) in [5.41, 5.74) is 0.889. The standard InChI is InChI=1S/C13H16N2O2S/c1-9-6-17-12-5-3-2-4-11(12)15(9)13(16)10-7-18-8-14-10/h2-5,9-10,14H,6-8H2,1H3. The van der Waals surface area contributed by atoms with E-state index in [-0.39, 0.29) is 18.0 Å². The van der Waals surface area contributed by atoms with Gasteiger partial charge in [-0.15, -0.1) is 11.8 Å². The number of carbonyl (C=O) groups excluding carboxylic acids is 1. The fourth-order valence-corrected chi connectivity index (χ4v) is 3.29. The second kappa shape index (κ2) is 4.82. The molecule has 4 nitrogen and oxygen atoms in total. The maximum absolute atomic E-state index is 12.6. The lowest BCUT2D eigenvalue weighted by atomic mass is 10.1. The predicted octanol–water partition coefficient (Wildman–Crippen LogP) is 1.46. The fourth-order valence-electron chi connectivity index (χ4n) is 2.36. The van der Waals surface area contributed by atoms with Crippen LogP contribution >= 0.6 is 11.8 Å². The van der Waals surface area contributed by atoms with Gasteiger partial charge < -0.3 is 9.64 Å². The molecule has 3 rings (SSSR count). The van der Waals surface area contributed by atoms with Crippen molar-refractivity contribution in [3.05, 3.63) is 24.3 Å². The summed E-state index contributed by atoms with van der Waals surface area (Å²) in [6.45, 7) is 2.58. The van der Waals surface area contributed by atoms with Crippen molar-refractivity contribution in [3.8, 4) is 5.75 Å². The Labute approximate surface area is 111 Å². The van der Waals surface area contributed by atoms with Crippen LogP contribution in [0.3, 0.4) is 0 Å².